The molecule has 2 rings (SSSR count). The fourth-order valence-corrected chi connectivity index (χ4v) is 2.34. The summed E-state index contributed by atoms with van der Waals surface area (Å²) >= 11 is 1.32. The van der Waals surface area contributed by atoms with Crippen molar-refractivity contribution in [1.82, 2.24) is 4.98 Å². The van der Waals surface area contributed by atoms with Crippen LogP contribution in [0.1, 0.15) is 12.8 Å². The Bertz CT molecular complexity index is 651. The van der Waals surface area contributed by atoms with Crippen molar-refractivity contribution < 1.29 is 19.1 Å². The summed E-state index contributed by atoms with van der Waals surface area (Å²) in [5, 5.41) is 7.62. The number of amides is 2. The van der Waals surface area contributed by atoms with Crippen LogP contribution in [0.4, 0.5) is 10.8 Å². The van der Waals surface area contributed by atoms with Crippen molar-refractivity contribution in [3.8, 4) is 11.5 Å². The zero-order valence-corrected chi connectivity index (χ0v) is 13.6. The summed E-state index contributed by atoms with van der Waals surface area (Å²) in [7, 11) is 3.06. The molecule has 2 aromatic rings. The van der Waals surface area contributed by atoms with Gasteiger partial charge in [0.05, 0.1) is 14.2 Å². The van der Waals surface area contributed by atoms with E-state index < -0.39 is 0 Å². The van der Waals surface area contributed by atoms with Gasteiger partial charge < -0.3 is 20.1 Å². The van der Waals surface area contributed by atoms with Crippen LogP contribution in [0.5, 0.6) is 11.5 Å². The molecule has 1 aromatic carbocycles. The molecule has 0 atom stereocenters. The Kier molecular flexibility index (Phi) is 5.93. The number of thiazole rings is 1. The van der Waals surface area contributed by atoms with E-state index in [0.717, 1.165) is 0 Å². The largest absolute Gasteiger partial charge is 0.497 e. The summed E-state index contributed by atoms with van der Waals surface area (Å²) < 4.78 is 10.3. The van der Waals surface area contributed by atoms with Gasteiger partial charge in [0.25, 0.3) is 0 Å². The topological polar surface area (TPSA) is 89.5 Å². The molecule has 0 aliphatic carbocycles. The maximum Gasteiger partial charge on any atom is 0.226 e. The van der Waals surface area contributed by atoms with Crippen LogP contribution < -0.4 is 20.1 Å². The smallest absolute Gasteiger partial charge is 0.226 e. The summed E-state index contributed by atoms with van der Waals surface area (Å²) in [4.78, 5) is 27.6. The normalized spacial score (nSPS) is 10.0. The van der Waals surface area contributed by atoms with E-state index >= 15 is 0 Å². The summed E-state index contributed by atoms with van der Waals surface area (Å²) in [5.74, 6) is 0.621. The Hall–Kier alpha value is -2.61. The Morgan fingerprint density at radius 3 is 2.17 bits per heavy atom. The molecule has 0 fully saturated rings. The molecule has 23 heavy (non-hydrogen) atoms. The van der Waals surface area contributed by atoms with Gasteiger partial charge in [-0.2, -0.15) is 0 Å². The van der Waals surface area contributed by atoms with E-state index in [1.807, 2.05) is 0 Å². The van der Waals surface area contributed by atoms with Crippen molar-refractivity contribution in [2.45, 2.75) is 12.8 Å². The molecule has 0 saturated carbocycles. The highest BCUT2D eigenvalue weighted by Crippen LogP contribution is 2.25. The minimum Gasteiger partial charge on any atom is -0.497 e. The molecule has 1 aromatic heterocycles. The number of carbonyl (C=O) groups excluding carboxylic acids is 2. The van der Waals surface area contributed by atoms with Crippen LogP contribution >= 0.6 is 11.3 Å². The third-order valence-corrected chi connectivity index (χ3v) is 3.58. The molecule has 1 heterocycles. The fourth-order valence-electron chi connectivity index (χ4n) is 1.80. The lowest BCUT2D eigenvalue weighted by Gasteiger charge is -2.09. The van der Waals surface area contributed by atoms with E-state index in [-0.39, 0.29) is 24.7 Å². The maximum absolute atomic E-state index is 11.9. The monoisotopic (exact) mass is 335 g/mol. The van der Waals surface area contributed by atoms with Gasteiger partial charge in [0.15, 0.2) is 5.13 Å². The highest BCUT2D eigenvalue weighted by molar-refractivity contribution is 7.13. The highest BCUT2D eigenvalue weighted by atomic mass is 32.1. The van der Waals surface area contributed by atoms with Crippen LogP contribution in [0, 0.1) is 0 Å². The zero-order chi connectivity index (χ0) is 16.7. The van der Waals surface area contributed by atoms with Crippen LogP contribution in [0.3, 0.4) is 0 Å². The minimum absolute atomic E-state index is 0.0662. The number of rotatable bonds is 7. The van der Waals surface area contributed by atoms with Crippen molar-refractivity contribution >= 4 is 34.0 Å². The van der Waals surface area contributed by atoms with Gasteiger partial charge in [-0.05, 0) is 0 Å². The number of anilines is 2. The van der Waals surface area contributed by atoms with Gasteiger partial charge in [0.1, 0.15) is 11.5 Å². The first-order valence-electron chi connectivity index (χ1n) is 6.83. The van der Waals surface area contributed by atoms with Gasteiger partial charge in [-0.25, -0.2) is 4.98 Å². The first-order chi connectivity index (χ1) is 11.1. The van der Waals surface area contributed by atoms with Crippen LogP contribution in [0.15, 0.2) is 29.8 Å². The number of hydrogen-bond donors (Lipinski definition) is 2. The van der Waals surface area contributed by atoms with E-state index in [4.69, 9.17) is 9.47 Å². The Morgan fingerprint density at radius 1 is 1.04 bits per heavy atom. The first kappa shape index (κ1) is 16.8. The Morgan fingerprint density at radius 2 is 1.65 bits per heavy atom. The van der Waals surface area contributed by atoms with Crippen LogP contribution in [0.25, 0.3) is 0 Å². The lowest BCUT2D eigenvalue weighted by molar-refractivity contribution is -0.121. The molecular formula is C15H17N3O4S. The average molecular weight is 335 g/mol. The van der Waals surface area contributed by atoms with E-state index in [2.05, 4.69) is 15.6 Å². The maximum atomic E-state index is 11.9. The molecule has 2 amide bonds. The number of nitrogens with one attached hydrogen (secondary N) is 2. The first-order valence-corrected chi connectivity index (χ1v) is 7.71. The molecule has 0 bridgehead atoms. The molecule has 2 N–H and O–H groups in total. The number of nitrogens with zero attached hydrogens (tertiary/aromatic N) is 1. The molecule has 0 aliphatic rings. The van der Waals surface area contributed by atoms with Gasteiger partial charge in [-0.3, -0.25) is 9.59 Å². The van der Waals surface area contributed by atoms with Gasteiger partial charge >= 0.3 is 0 Å². The summed E-state index contributed by atoms with van der Waals surface area (Å²) in [6.45, 7) is 0. The standard InChI is InChI=1S/C15H17N3O4S/c1-21-11-7-10(8-12(9-11)22-2)17-13(19)3-4-14(20)18-15-16-5-6-23-15/h5-9H,3-4H2,1-2H3,(H,17,19)(H,16,18,20). The van der Waals surface area contributed by atoms with Gasteiger partial charge in [-0.15, -0.1) is 11.3 Å². The quantitative estimate of drug-likeness (QED) is 0.811. The van der Waals surface area contributed by atoms with Crippen molar-refractivity contribution in [2.24, 2.45) is 0 Å². The van der Waals surface area contributed by atoms with Crippen molar-refractivity contribution in [3.63, 3.8) is 0 Å². The van der Waals surface area contributed by atoms with Crippen molar-refractivity contribution in [2.75, 3.05) is 24.9 Å². The molecule has 0 radical (unpaired) electrons. The van der Waals surface area contributed by atoms with Crippen molar-refractivity contribution in [3.05, 3.63) is 29.8 Å². The number of carbonyl (C=O) groups is 2. The summed E-state index contributed by atoms with van der Waals surface area (Å²) in [6, 6.07) is 5.06. The lowest BCUT2D eigenvalue weighted by atomic mass is 10.2. The SMILES string of the molecule is COc1cc(NC(=O)CCC(=O)Nc2nccs2)cc(OC)c1. The average Bonchev–Trinajstić information content (AvgIpc) is 3.05. The summed E-state index contributed by atoms with van der Waals surface area (Å²) in [6.07, 6.45) is 1.74. The molecule has 0 saturated heterocycles. The fraction of sp³-hybridized carbons (Fsp3) is 0.267. The van der Waals surface area contributed by atoms with E-state index in [0.29, 0.717) is 22.3 Å². The molecular weight excluding hydrogens is 318 g/mol. The third kappa shape index (κ3) is 5.26. The molecule has 0 spiro atoms. The second-order valence-electron chi connectivity index (χ2n) is 4.53. The molecule has 0 unspecified atom stereocenters. The lowest BCUT2D eigenvalue weighted by Crippen LogP contribution is -2.17. The Balaban J connectivity index is 1.85. The molecule has 0 aliphatic heterocycles. The second kappa shape index (κ2) is 8.14. The minimum atomic E-state index is -0.269. The highest BCUT2D eigenvalue weighted by Gasteiger charge is 2.10. The van der Waals surface area contributed by atoms with Crippen molar-refractivity contribution in [1.29, 1.82) is 0 Å². The second-order valence-corrected chi connectivity index (χ2v) is 5.43. The number of hydrogen-bond acceptors (Lipinski definition) is 6. The van der Waals surface area contributed by atoms with Gasteiger partial charge in [0, 0.05) is 48.3 Å². The number of methoxy groups -OCH3 is 2. The van der Waals surface area contributed by atoms with E-state index in [9.17, 15) is 9.59 Å². The number of benzene rings is 1. The Labute approximate surface area is 137 Å². The predicted molar refractivity (Wildman–Crippen MR) is 88.2 cm³/mol. The van der Waals surface area contributed by atoms with Crippen LogP contribution in [-0.2, 0) is 9.59 Å². The third-order valence-electron chi connectivity index (χ3n) is 2.89. The zero-order valence-electron chi connectivity index (χ0n) is 12.8. The predicted octanol–water partition coefficient (Wildman–Crippen LogP) is 2.52. The van der Waals surface area contributed by atoms with E-state index in [1.54, 1.807) is 29.8 Å². The van der Waals surface area contributed by atoms with Crippen LogP contribution in [0.2, 0.25) is 0 Å². The van der Waals surface area contributed by atoms with Gasteiger partial charge in [-0.1, -0.05) is 0 Å². The molecule has 8 heteroatoms. The number of ether oxygens (including phenoxy) is 2. The van der Waals surface area contributed by atoms with E-state index in [1.165, 1.54) is 25.6 Å². The number of aromatic nitrogens is 1. The van der Waals surface area contributed by atoms with Crippen LogP contribution in [-0.4, -0.2) is 31.0 Å². The summed E-state index contributed by atoms with van der Waals surface area (Å²) in [5.41, 5.74) is 0.548. The molecule has 122 valence electrons. The van der Waals surface area contributed by atoms with Gasteiger partial charge in [0.2, 0.25) is 11.8 Å². The molecule has 7 nitrogen and oxygen atoms in total.